The van der Waals surface area contributed by atoms with Crippen LogP contribution in [-0.2, 0) is 6.61 Å². The van der Waals surface area contributed by atoms with Gasteiger partial charge in [-0.05, 0) is 44.5 Å². The van der Waals surface area contributed by atoms with Crippen LogP contribution in [0.5, 0.6) is 5.75 Å². The highest BCUT2D eigenvalue weighted by atomic mass is 19.1. The molecule has 0 amide bonds. The van der Waals surface area contributed by atoms with Crippen LogP contribution < -0.4 is 4.74 Å². The first-order valence-electron chi connectivity index (χ1n) is 6.98. The molecule has 1 aromatic carbocycles. The minimum Gasteiger partial charge on any atom is -0.484 e. The third-order valence-electron chi connectivity index (χ3n) is 3.42. The van der Waals surface area contributed by atoms with Crippen molar-refractivity contribution >= 4 is 5.78 Å². The summed E-state index contributed by atoms with van der Waals surface area (Å²) in [5.41, 5.74) is 1.08. The Balaban J connectivity index is 2.03. The van der Waals surface area contributed by atoms with E-state index in [9.17, 15) is 9.18 Å². The number of carbonyl (C=O) groups excluding carboxylic acids is 1. The summed E-state index contributed by atoms with van der Waals surface area (Å²) in [5.74, 6) is -0.588. The van der Waals surface area contributed by atoms with Crippen molar-refractivity contribution in [1.29, 1.82) is 0 Å². The second kappa shape index (κ2) is 6.52. The number of ketones is 1. The van der Waals surface area contributed by atoms with Gasteiger partial charge in [-0.3, -0.25) is 9.48 Å². The fourth-order valence-corrected chi connectivity index (χ4v) is 1.88. The van der Waals surface area contributed by atoms with Gasteiger partial charge < -0.3 is 4.74 Å². The predicted molar refractivity (Wildman–Crippen MR) is 78.0 cm³/mol. The predicted octanol–water partition coefficient (Wildman–Crippen LogP) is 3.77. The maximum absolute atomic E-state index is 13.8. The molecule has 2 aromatic rings. The molecule has 0 fully saturated rings. The van der Waals surface area contributed by atoms with Crippen molar-refractivity contribution in [1.82, 2.24) is 9.78 Å². The molecule has 112 valence electrons. The van der Waals surface area contributed by atoms with E-state index in [1.807, 2.05) is 16.9 Å². The van der Waals surface area contributed by atoms with Crippen molar-refractivity contribution < 1.29 is 13.9 Å². The Morgan fingerprint density at radius 3 is 2.81 bits per heavy atom. The van der Waals surface area contributed by atoms with E-state index in [0.29, 0.717) is 11.6 Å². The van der Waals surface area contributed by atoms with Crippen LogP contribution in [-0.4, -0.2) is 15.6 Å². The van der Waals surface area contributed by atoms with E-state index in [2.05, 4.69) is 18.9 Å². The summed E-state index contributed by atoms with van der Waals surface area (Å²) in [6.07, 6.45) is 2.88. The number of aromatic nitrogens is 2. The van der Waals surface area contributed by atoms with Gasteiger partial charge in [0.05, 0.1) is 5.69 Å². The summed E-state index contributed by atoms with van der Waals surface area (Å²) in [7, 11) is 0. The van der Waals surface area contributed by atoms with Crippen LogP contribution in [0.2, 0.25) is 0 Å². The van der Waals surface area contributed by atoms with Gasteiger partial charge in [0.25, 0.3) is 0 Å². The largest absolute Gasteiger partial charge is 0.484 e. The van der Waals surface area contributed by atoms with Gasteiger partial charge in [0, 0.05) is 17.8 Å². The topological polar surface area (TPSA) is 44.1 Å². The van der Waals surface area contributed by atoms with Gasteiger partial charge in [0.1, 0.15) is 6.61 Å². The van der Waals surface area contributed by atoms with Crippen LogP contribution in [0.1, 0.15) is 49.3 Å². The molecule has 4 nitrogen and oxygen atoms in total. The van der Waals surface area contributed by atoms with E-state index in [1.54, 1.807) is 6.07 Å². The third kappa shape index (κ3) is 3.68. The number of rotatable bonds is 6. The van der Waals surface area contributed by atoms with Crippen molar-refractivity contribution in [3.05, 3.63) is 47.5 Å². The maximum Gasteiger partial charge on any atom is 0.165 e. The SMILES string of the molecule is CCC(C)n1ccc(COc2ccc(C(C)=O)cc2F)n1. The highest BCUT2D eigenvalue weighted by molar-refractivity contribution is 5.94. The fraction of sp³-hybridized carbons (Fsp3) is 0.375. The molecule has 0 N–H and O–H groups in total. The molecule has 1 atom stereocenters. The highest BCUT2D eigenvalue weighted by Gasteiger charge is 2.09. The number of hydrogen-bond acceptors (Lipinski definition) is 3. The zero-order chi connectivity index (χ0) is 15.4. The third-order valence-corrected chi connectivity index (χ3v) is 3.42. The molecule has 0 aliphatic heterocycles. The first kappa shape index (κ1) is 15.2. The van der Waals surface area contributed by atoms with Crippen molar-refractivity contribution in [2.45, 2.75) is 39.8 Å². The van der Waals surface area contributed by atoms with Gasteiger partial charge in [-0.2, -0.15) is 5.10 Å². The first-order chi connectivity index (χ1) is 10.0. The number of carbonyl (C=O) groups is 1. The number of nitrogens with zero attached hydrogens (tertiary/aromatic N) is 2. The van der Waals surface area contributed by atoms with Crippen LogP contribution in [0.15, 0.2) is 30.5 Å². The quantitative estimate of drug-likeness (QED) is 0.761. The Labute approximate surface area is 123 Å². The first-order valence-corrected chi connectivity index (χ1v) is 6.98. The Hall–Kier alpha value is -2.17. The Bertz CT molecular complexity index is 637. The number of halogens is 1. The highest BCUT2D eigenvalue weighted by Crippen LogP contribution is 2.20. The van der Waals surface area contributed by atoms with E-state index < -0.39 is 5.82 Å². The summed E-state index contributed by atoms with van der Waals surface area (Å²) >= 11 is 0. The van der Waals surface area contributed by atoms with Gasteiger partial charge in [0.2, 0.25) is 0 Å². The maximum atomic E-state index is 13.8. The van der Waals surface area contributed by atoms with Crippen LogP contribution >= 0.6 is 0 Å². The minimum atomic E-state index is -0.538. The number of benzene rings is 1. The Kier molecular flexibility index (Phi) is 4.73. The molecule has 0 aliphatic carbocycles. The summed E-state index contributed by atoms with van der Waals surface area (Å²) in [6, 6.07) is 6.39. The lowest BCUT2D eigenvalue weighted by molar-refractivity contribution is 0.101. The van der Waals surface area contributed by atoms with Gasteiger partial charge in [0.15, 0.2) is 17.3 Å². The molecule has 0 saturated carbocycles. The standard InChI is InChI=1S/C16H19FN2O2/c1-4-11(2)19-8-7-14(18-19)10-21-16-6-5-13(12(3)20)9-15(16)17/h5-9,11H,4,10H2,1-3H3. The lowest BCUT2D eigenvalue weighted by Gasteiger charge is -2.09. The second-order valence-electron chi connectivity index (χ2n) is 5.03. The normalized spacial score (nSPS) is 12.2. The van der Waals surface area contributed by atoms with Gasteiger partial charge in [-0.25, -0.2) is 4.39 Å². The number of ether oxygens (including phenoxy) is 1. The van der Waals surface area contributed by atoms with Crippen LogP contribution in [0.25, 0.3) is 0 Å². The zero-order valence-corrected chi connectivity index (χ0v) is 12.5. The summed E-state index contributed by atoms with van der Waals surface area (Å²) < 4.78 is 21.1. The molecule has 5 heteroatoms. The summed E-state index contributed by atoms with van der Waals surface area (Å²) in [6.45, 7) is 5.77. The van der Waals surface area contributed by atoms with Crippen LogP contribution in [0.4, 0.5) is 4.39 Å². The monoisotopic (exact) mass is 290 g/mol. The number of Topliss-reactive ketones (excluding diaryl/α,β-unsaturated/α-hetero) is 1. The molecule has 0 aliphatic rings. The molecule has 0 spiro atoms. The molecule has 21 heavy (non-hydrogen) atoms. The van der Waals surface area contributed by atoms with E-state index in [1.165, 1.54) is 19.1 Å². The fourth-order valence-electron chi connectivity index (χ4n) is 1.88. The molecule has 0 saturated heterocycles. The molecule has 2 rings (SSSR count). The lowest BCUT2D eigenvalue weighted by atomic mass is 10.1. The van der Waals surface area contributed by atoms with Gasteiger partial charge >= 0.3 is 0 Å². The van der Waals surface area contributed by atoms with Gasteiger partial charge in [-0.1, -0.05) is 6.92 Å². The van der Waals surface area contributed by atoms with Crippen LogP contribution in [0.3, 0.4) is 0 Å². The second-order valence-corrected chi connectivity index (χ2v) is 5.03. The summed E-state index contributed by atoms with van der Waals surface area (Å²) in [5, 5.41) is 4.39. The average Bonchev–Trinajstić information content (AvgIpc) is 2.93. The molecular weight excluding hydrogens is 271 g/mol. The summed E-state index contributed by atoms with van der Waals surface area (Å²) in [4.78, 5) is 11.2. The molecular formula is C16H19FN2O2. The van der Waals surface area contributed by atoms with Crippen molar-refractivity contribution in [2.24, 2.45) is 0 Å². The zero-order valence-electron chi connectivity index (χ0n) is 12.5. The van der Waals surface area contributed by atoms with Crippen molar-refractivity contribution in [3.8, 4) is 5.75 Å². The smallest absolute Gasteiger partial charge is 0.165 e. The Morgan fingerprint density at radius 2 is 2.19 bits per heavy atom. The van der Waals surface area contributed by atoms with Crippen molar-refractivity contribution in [3.63, 3.8) is 0 Å². The number of hydrogen-bond donors (Lipinski definition) is 0. The molecule has 0 radical (unpaired) electrons. The van der Waals surface area contributed by atoms with Crippen molar-refractivity contribution in [2.75, 3.05) is 0 Å². The molecule has 1 unspecified atom stereocenters. The van der Waals surface area contributed by atoms with E-state index in [-0.39, 0.29) is 18.1 Å². The Morgan fingerprint density at radius 1 is 1.43 bits per heavy atom. The molecule has 1 aromatic heterocycles. The van der Waals surface area contributed by atoms with E-state index in [0.717, 1.165) is 12.1 Å². The van der Waals surface area contributed by atoms with Crippen LogP contribution in [0, 0.1) is 5.82 Å². The lowest BCUT2D eigenvalue weighted by Crippen LogP contribution is -2.06. The van der Waals surface area contributed by atoms with E-state index >= 15 is 0 Å². The molecule has 1 heterocycles. The van der Waals surface area contributed by atoms with E-state index in [4.69, 9.17) is 4.74 Å². The molecule has 0 bridgehead atoms. The van der Waals surface area contributed by atoms with Gasteiger partial charge in [-0.15, -0.1) is 0 Å². The average molecular weight is 290 g/mol. The minimum absolute atomic E-state index is 0.123.